The molecular formula is C17H21NO. The molecule has 2 rings (SSSR count). The molecule has 2 aromatic rings. The van der Waals surface area contributed by atoms with Crippen molar-refractivity contribution in [2.24, 2.45) is 0 Å². The van der Waals surface area contributed by atoms with Crippen molar-refractivity contribution in [1.29, 1.82) is 0 Å². The van der Waals surface area contributed by atoms with Gasteiger partial charge in [0.25, 0.3) is 0 Å². The first-order chi connectivity index (χ1) is 9.20. The number of hydrogen-bond donors (Lipinski definition) is 1. The second-order valence-electron chi connectivity index (χ2n) is 4.84. The average molecular weight is 255 g/mol. The van der Waals surface area contributed by atoms with E-state index in [-0.39, 0.29) is 0 Å². The molecule has 2 nitrogen and oxygen atoms in total. The largest absolute Gasteiger partial charge is 0.455 e. The molecule has 0 aliphatic heterocycles. The van der Waals surface area contributed by atoms with Crippen LogP contribution in [0.3, 0.4) is 0 Å². The van der Waals surface area contributed by atoms with Crippen LogP contribution in [-0.4, -0.2) is 0 Å². The van der Waals surface area contributed by atoms with E-state index < -0.39 is 0 Å². The maximum atomic E-state index is 5.94. The van der Waals surface area contributed by atoms with Crippen LogP contribution in [0.2, 0.25) is 0 Å². The molecule has 0 aromatic heterocycles. The number of para-hydroxylation sites is 1. The molecule has 100 valence electrons. The number of benzene rings is 2. The lowest BCUT2D eigenvalue weighted by Gasteiger charge is -2.11. The van der Waals surface area contributed by atoms with Gasteiger partial charge in [-0.3, -0.25) is 0 Å². The van der Waals surface area contributed by atoms with Crippen molar-refractivity contribution in [2.75, 3.05) is 5.73 Å². The quantitative estimate of drug-likeness (QED) is 0.785. The molecule has 0 spiro atoms. The Morgan fingerprint density at radius 3 is 2.42 bits per heavy atom. The van der Waals surface area contributed by atoms with E-state index >= 15 is 0 Å². The molecule has 0 aliphatic carbocycles. The number of aryl methyl sites for hydroxylation is 2. The maximum Gasteiger partial charge on any atom is 0.153 e. The van der Waals surface area contributed by atoms with E-state index in [9.17, 15) is 0 Å². The lowest BCUT2D eigenvalue weighted by atomic mass is 10.1. The van der Waals surface area contributed by atoms with Gasteiger partial charge in [-0.2, -0.15) is 0 Å². The summed E-state index contributed by atoms with van der Waals surface area (Å²) >= 11 is 0. The number of rotatable bonds is 5. The third-order valence-electron chi connectivity index (χ3n) is 3.20. The molecule has 2 aromatic carbocycles. The van der Waals surface area contributed by atoms with Crippen LogP contribution in [0, 0.1) is 6.92 Å². The van der Waals surface area contributed by atoms with Crippen LogP contribution in [0.1, 0.15) is 30.9 Å². The SMILES string of the molecule is CCCCc1ccc(Oc2c(C)cccc2N)cc1. The minimum atomic E-state index is 0.676. The Hall–Kier alpha value is -1.96. The molecule has 0 saturated carbocycles. The van der Waals surface area contributed by atoms with Crippen molar-refractivity contribution in [3.05, 3.63) is 53.6 Å². The Balaban J connectivity index is 2.11. The molecule has 0 radical (unpaired) electrons. The Labute approximate surface area is 115 Å². The van der Waals surface area contributed by atoms with Crippen molar-refractivity contribution < 1.29 is 4.74 Å². The van der Waals surface area contributed by atoms with Crippen molar-refractivity contribution in [1.82, 2.24) is 0 Å². The topological polar surface area (TPSA) is 35.2 Å². The van der Waals surface area contributed by atoms with Crippen molar-refractivity contribution >= 4 is 5.69 Å². The lowest BCUT2D eigenvalue weighted by molar-refractivity contribution is 0.481. The van der Waals surface area contributed by atoms with E-state index in [1.165, 1.54) is 18.4 Å². The molecule has 0 heterocycles. The fraction of sp³-hybridized carbons (Fsp3) is 0.294. The molecule has 0 fully saturated rings. The molecule has 0 bridgehead atoms. The molecule has 2 heteroatoms. The van der Waals surface area contributed by atoms with Crippen LogP contribution >= 0.6 is 0 Å². The summed E-state index contributed by atoms with van der Waals surface area (Å²) in [5.41, 5.74) is 9.02. The molecule has 0 atom stereocenters. The van der Waals surface area contributed by atoms with Gasteiger partial charge in [0.15, 0.2) is 5.75 Å². The van der Waals surface area contributed by atoms with Crippen LogP contribution in [0.4, 0.5) is 5.69 Å². The van der Waals surface area contributed by atoms with Crippen LogP contribution < -0.4 is 10.5 Å². The van der Waals surface area contributed by atoms with Gasteiger partial charge in [0.2, 0.25) is 0 Å². The Bertz CT molecular complexity index is 511. The first kappa shape index (κ1) is 13.5. The summed E-state index contributed by atoms with van der Waals surface area (Å²) in [6.07, 6.45) is 3.58. The van der Waals surface area contributed by atoms with Gasteiger partial charge < -0.3 is 10.5 Å². The van der Waals surface area contributed by atoms with Crippen molar-refractivity contribution in [2.45, 2.75) is 33.1 Å². The Kier molecular flexibility index (Phi) is 4.45. The highest BCUT2D eigenvalue weighted by molar-refractivity contribution is 5.57. The molecule has 2 N–H and O–H groups in total. The monoisotopic (exact) mass is 255 g/mol. The molecule has 0 unspecified atom stereocenters. The number of nitrogens with two attached hydrogens (primary N) is 1. The fourth-order valence-electron chi connectivity index (χ4n) is 2.04. The van der Waals surface area contributed by atoms with E-state index in [0.717, 1.165) is 23.5 Å². The van der Waals surface area contributed by atoms with Gasteiger partial charge in [-0.1, -0.05) is 37.6 Å². The van der Waals surface area contributed by atoms with Crippen molar-refractivity contribution in [3.63, 3.8) is 0 Å². The average Bonchev–Trinajstić information content (AvgIpc) is 2.42. The zero-order valence-electron chi connectivity index (χ0n) is 11.6. The smallest absolute Gasteiger partial charge is 0.153 e. The van der Waals surface area contributed by atoms with Crippen LogP contribution in [0.5, 0.6) is 11.5 Å². The highest BCUT2D eigenvalue weighted by atomic mass is 16.5. The zero-order valence-corrected chi connectivity index (χ0v) is 11.6. The van der Waals surface area contributed by atoms with Crippen LogP contribution in [0.25, 0.3) is 0 Å². The molecule has 19 heavy (non-hydrogen) atoms. The highest BCUT2D eigenvalue weighted by Crippen LogP contribution is 2.30. The lowest BCUT2D eigenvalue weighted by Crippen LogP contribution is -1.94. The summed E-state index contributed by atoms with van der Waals surface area (Å²) in [5.74, 6) is 1.59. The molecular weight excluding hydrogens is 234 g/mol. The standard InChI is InChI=1S/C17H21NO/c1-3-4-7-14-9-11-15(12-10-14)19-17-13(2)6-5-8-16(17)18/h5-6,8-12H,3-4,7,18H2,1-2H3. The van der Waals surface area contributed by atoms with Gasteiger partial charge in [0.1, 0.15) is 5.75 Å². The predicted octanol–water partition coefficient (Wildman–Crippen LogP) is 4.71. The van der Waals surface area contributed by atoms with Crippen LogP contribution in [0.15, 0.2) is 42.5 Å². The summed E-state index contributed by atoms with van der Waals surface area (Å²) < 4.78 is 5.87. The number of unbranched alkanes of at least 4 members (excludes halogenated alkanes) is 1. The van der Waals surface area contributed by atoms with Crippen molar-refractivity contribution in [3.8, 4) is 11.5 Å². The molecule has 0 saturated heterocycles. The second-order valence-corrected chi connectivity index (χ2v) is 4.84. The molecule has 0 amide bonds. The van der Waals surface area contributed by atoms with E-state index in [1.54, 1.807) is 0 Å². The van der Waals surface area contributed by atoms with Gasteiger partial charge in [0.05, 0.1) is 5.69 Å². The summed E-state index contributed by atoms with van der Waals surface area (Å²) in [6.45, 7) is 4.21. The predicted molar refractivity (Wildman–Crippen MR) is 80.7 cm³/mol. The summed E-state index contributed by atoms with van der Waals surface area (Å²) in [6, 6.07) is 14.1. The van der Waals surface area contributed by atoms with Crippen LogP contribution in [-0.2, 0) is 6.42 Å². The van der Waals surface area contributed by atoms with Gasteiger partial charge in [0, 0.05) is 0 Å². The summed E-state index contributed by atoms with van der Waals surface area (Å²) in [7, 11) is 0. The second kappa shape index (κ2) is 6.28. The van der Waals surface area contributed by atoms with E-state index in [0.29, 0.717) is 5.69 Å². The fourth-order valence-corrected chi connectivity index (χ4v) is 2.04. The van der Waals surface area contributed by atoms with Gasteiger partial charge >= 0.3 is 0 Å². The summed E-state index contributed by atoms with van der Waals surface area (Å²) in [5, 5.41) is 0. The third-order valence-corrected chi connectivity index (χ3v) is 3.20. The first-order valence-electron chi connectivity index (χ1n) is 6.82. The third kappa shape index (κ3) is 3.50. The number of hydrogen-bond acceptors (Lipinski definition) is 2. The Morgan fingerprint density at radius 2 is 1.79 bits per heavy atom. The normalized spacial score (nSPS) is 10.4. The number of ether oxygens (including phenoxy) is 1. The van der Waals surface area contributed by atoms with E-state index in [4.69, 9.17) is 10.5 Å². The number of anilines is 1. The minimum Gasteiger partial charge on any atom is -0.455 e. The first-order valence-corrected chi connectivity index (χ1v) is 6.82. The minimum absolute atomic E-state index is 0.676. The van der Waals surface area contributed by atoms with Gasteiger partial charge in [-0.25, -0.2) is 0 Å². The zero-order chi connectivity index (χ0) is 13.7. The highest BCUT2D eigenvalue weighted by Gasteiger charge is 2.05. The summed E-state index contributed by atoms with van der Waals surface area (Å²) in [4.78, 5) is 0. The van der Waals surface area contributed by atoms with Gasteiger partial charge in [-0.15, -0.1) is 0 Å². The van der Waals surface area contributed by atoms with Gasteiger partial charge in [-0.05, 0) is 49.1 Å². The maximum absolute atomic E-state index is 5.94. The Morgan fingerprint density at radius 1 is 1.05 bits per heavy atom. The number of nitrogen functional groups attached to an aromatic ring is 1. The van der Waals surface area contributed by atoms with E-state index in [2.05, 4.69) is 19.1 Å². The van der Waals surface area contributed by atoms with E-state index in [1.807, 2.05) is 37.3 Å². The molecule has 0 aliphatic rings.